The normalized spacial score (nSPS) is 28.4. The van der Waals surface area contributed by atoms with Crippen LogP contribution in [0.2, 0.25) is 0 Å². The topological polar surface area (TPSA) is 71.0 Å². The summed E-state index contributed by atoms with van der Waals surface area (Å²) in [7, 11) is 0. The molecule has 1 aromatic carbocycles. The van der Waals surface area contributed by atoms with Gasteiger partial charge in [-0.15, -0.1) is 0 Å². The Kier molecular flexibility index (Phi) is 6.48. The van der Waals surface area contributed by atoms with E-state index in [1.807, 2.05) is 37.8 Å². The molecule has 6 rings (SSSR count). The van der Waals surface area contributed by atoms with Crippen molar-refractivity contribution in [1.29, 1.82) is 0 Å². The van der Waals surface area contributed by atoms with Gasteiger partial charge in [-0.05, 0) is 62.2 Å². The number of aromatic nitrogens is 2. The Labute approximate surface area is 233 Å². The van der Waals surface area contributed by atoms with E-state index in [1.165, 1.54) is 6.07 Å². The van der Waals surface area contributed by atoms with Crippen LogP contribution in [0, 0.1) is 11.6 Å². The lowest BCUT2D eigenvalue weighted by molar-refractivity contribution is 0.0146. The number of carbonyl (C=O) groups excluding carboxylic acids is 1. The lowest BCUT2D eigenvalue weighted by atomic mass is 9.95. The maximum Gasteiger partial charge on any atom is 0.411 e. The Morgan fingerprint density at radius 1 is 1.18 bits per heavy atom. The average molecular weight is 610 g/mol. The Hall–Kier alpha value is -2.60. The molecule has 1 aromatic heterocycles. The number of anilines is 1. The Morgan fingerprint density at radius 2 is 1.90 bits per heavy atom. The molecule has 5 heterocycles. The van der Waals surface area contributed by atoms with Gasteiger partial charge in [0.05, 0.1) is 22.1 Å². The van der Waals surface area contributed by atoms with E-state index in [4.69, 9.17) is 9.47 Å². The first-order valence-electron chi connectivity index (χ1n) is 13.3. The van der Waals surface area contributed by atoms with Crippen molar-refractivity contribution in [1.82, 2.24) is 19.8 Å². The largest absolute Gasteiger partial charge is 0.461 e. The average Bonchev–Trinajstić information content (AvgIpc) is 3.47. The Balaban J connectivity index is 1.32. The number of alkyl halides is 1. The quantitative estimate of drug-likeness (QED) is 0.357. The Bertz CT molecular complexity index is 1340. The monoisotopic (exact) mass is 609 g/mol. The number of rotatable bonds is 4. The number of carbonyl (C=O) groups is 1. The third-order valence-corrected chi connectivity index (χ3v) is 8.73. The van der Waals surface area contributed by atoms with E-state index < -0.39 is 35.0 Å². The molecule has 0 spiro atoms. The van der Waals surface area contributed by atoms with Crippen LogP contribution in [0.4, 0.5) is 23.8 Å². The van der Waals surface area contributed by atoms with Crippen molar-refractivity contribution in [2.45, 2.75) is 69.4 Å². The van der Waals surface area contributed by atoms with Crippen LogP contribution in [-0.2, 0) is 4.74 Å². The van der Waals surface area contributed by atoms with Gasteiger partial charge in [-0.1, -0.05) is 12.2 Å². The molecule has 4 aliphatic heterocycles. The number of hydrogen-bond donors (Lipinski definition) is 0. The third kappa shape index (κ3) is 4.73. The maximum absolute atomic E-state index is 15.3. The Morgan fingerprint density at radius 3 is 2.59 bits per heavy atom. The smallest absolute Gasteiger partial charge is 0.411 e. The summed E-state index contributed by atoms with van der Waals surface area (Å²) >= 11 is 2.98. The summed E-state index contributed by atoms with van der Waals surface area (Å²) in [5.74, 6) is -1.30. The van der Waals surface area contributed by atoms with Crippen LogP contribution in [0.3, 0.4) is 0 Å². The fraction of sp³-hybridized carbons (Fsp3) is 0.593. The van der Waals surface area contributed by atoms with E-state index in [2.05, 4.69) is 30.8 Å². The summed E-state index contributed by atoms with van der Waals surface area (Å²) in [5.41, 5.74) is -1.14. The first-order valence-corrected chi connectivity index (χ1v) is 14.1. The summed E-state index contributed by atoms with van der Waals surface area (Å²) in [5, 5.41) is 0.205. The van der Waals surface area contributed by atoms with Gasteiger partial charge in [-0.25, -0.2) is 18.0 Å². The van der Waals surface area contributed by atoms with Crippen molar-refractivity contribution in [3.8, 4) is 6.01 Å². The molecule has 0 saturated carbocycles. The molecule has 210 valence electrons. The summed E-state index contributed by atoms with van der Waals surface area (Å²) in [4.78, 5) is 27.5. The van der Waals surface area contributed by atoms with Crippen molar-refractivity contribution in [2.75, 3.05) is 37.7 Å². The van der Waals surface area contributed by atoms with E-state index in [0.29, 0.717) is 31.9 Å². The molecule has 2 aromatic rings. The van der Waals surface area contributed by atoms with Gasteiger partial charge < -0.3 is 14.4 Å². The minimum Gasteiger partial charge on any atom is -0.461 e. The molecule has 0 radical (unpaired) electrons. The standard InChI is InChI=1S/C27H31BrF3N5O3/c1-26(2,3)39-25(37)36-16-5-6-17(36)13-34(12-16)23-18-9-19(30)20(28)21(31)22(18)32-24(33-23)38-14-27-7-4-8-35(27)11-15(29)10-27/h5-6,9,15-17H,4,7-8,10-14H2,1-3H3/t15-,16?,17?,27+/m1/s1. The highest BCUT2D eigenvalue weighted by Crippen LogP contribution is 2.41. The molecule has 3 saturated heterocycles. The van der Waals surface area contributed by atoms with Gasteiger partial charge in [-0.3, -0.25) is 9.80 Å². The van der Waals surface area contributed by atoms with Gasteiger partial charge in [0.25, 0.3) is 0 Å². The zero-order chi connectivity index (χ0) is 27.7. The summed E-state index contributed by atoms with van der Waals surface area (Å²) in [6.07, 6.45) is 4.69. The van der Waals surface area contributed by atoms with Gasteiger partial charge in [-0.2, -0.15) is 9.97 Å². The van der Waals surface area contributed by atoms with E-state index in [0.717, 1.165) is 19.4 Å². The predicted octanol–water partition coefficient (Wildman–Crippen LogP) is 4.99. The zero-order valence-corrected chi connectivity index (χ0v) is 23.7. The summed E-state index contributed by atoms with van der Waals surface area (Å²) in [6.45, 7) is 7.51. The number of nitrogens with zero attached hydrogens (tertiary/aromatic N) is 5. The minimum atomic E-state index is -0.914. The minimum absolute atomic E-state index is 0.0479. The highest BCUT2D eigenvalue weighted by Gasteiger charge is 2.49. The third-order valence-electron chi connectivity index (χ3n) is 8.01. The highest BCUT2D eigenvalue weighted by atomic mass is 79.9. The van der Waals surface area contributed by atoms with E-state index in [1.54, 1.807) is 4.90 Å². The number of hydrogen-bond acceptors (Lipinski definition) is 7. The number of fused-ring (bicyclic) bond motifs is 4. The number of halogens is 4. The molecular weight excluding hydrogens is 579 g/mol. The van der Waals surface area contributed by atoms with Crippen LogP contribution < -0.4 is 9.64 Å². The fourth-order valence-corrected chi connectivity index (χ4v) is 6.66. The van der Waals surface area contributed by atoms with Crippen molar-refractivity contribution in [3.63, 3.8) is 0 Å². The lowest BCUT2D eigenvalue weighted by Gasteiger charge is -2.42. The van der Waals surface area contributed by atoms with Gasteiger partial charge in [0.1, 0.15) is 35.5 Å². The first-order chi connectivity index (χ1) is 18.4. The molecule has 12 heteroatoms. The molecule has 4 aliphatic rings. The molecule has 0 aliphatic carbocycles. The second-order valence-corrected chi connectivity index (χ2v) is 12.7. The molecule has 8 nitrogen and oxygen atoms in total. The molecular formula is C27H31BrF3N5O3. The van der Waals surface area contributed by atoms with E-state index in [-0.39, 0.29) is 40.1 Å². The predicted molar refractivity (Wildman–Crippen MR) is 143 cm³/mol. The SMILES string of the molecule is CC(C)(C)OC(=O)N1C2C=CC1CN(c1nc(OC[C@@]34CCCN3C[C@H](F)C4)nc3c(F)c(Br)c(F)cc13)C2. The second-order valence-electron chi connectivity index (χ2n) is 11.9. The van der Waals surface area contributed by atoms with Crippen LogP contribution in [0.15, 0.2) is 22.7 Å². The van der Waals surface area contributed by atoms with Crippen LogP contribution in [-0.4, -0.2) is 88.0 Å². The molecule has 2 bridgehead atoms. The van der Waals surface area contributed by atoms with Gasteiger partial charge >= 0.3 is 12.1 Å². The van der Waals surface area contributed by atoms with Crippen molar-refractivity contribution >= 4 is 38.7 Å². The van der Waals surface area contributed by atoms with Crippen LogP contribution in [0.1, 0.15) is 40.0 Å². The summed E-state index contributed by atoms with van der Waals surface area (Å²) < 4.78 is 55.6. The van der Waals surface area contributed by atoms with Crippen LogP contribution in [0.5, 0.6) is 6.01 Å². The van der Waals surface area contributed by atoms with Gasteiger partial charge in [0.15, 0.2) is 5.82 Å². The zero-order valence-electron chi connectivity index (χ0n) is 22.1. The van der Waals surface area contributed by atoms with Crippen LogP contribution in [0.25, 0.3) is 10.9 Å². The second kappa shape index (κ2) is 9.50. The molecule has 39 heavy (non-hydrogen) atoms. The number of ether oxygens (including phenoxy) is 2. The molecule has 3 fully saturated rings. The van der Waals surface area contributed by atoms with E-state index >= 15 is 4.39 Å². The summed E-state index contributed by atoms with van der Waals surface area (Å²) in [6, 6.07) is 0.556. The van der Waals surface area contributed by atoms with Gasteiger partial charge in [0, 0.05) is 31.4 Å². The van der Waals surface area contributed by atoms with E-state index in [9.17, 15) is 13.6 Å². The molecule has 4 atom stereocenters. The van der Waals surface area contributed by atoms with Crippen molar-refractivity contribution in [2.24, 2.45) is 0 Å². The molecule has 2 unspecified atom stereocenters. The van der Waals surface area contributed by atoms with Gasteiger partial charge in [0.2, 0.25) is 0 Å². The molecule has 0 N–H and O–H groups in total. The molecule has 1 amide bonds. The highest BCUT2D eigenvalue weighted by molar-refractivity contribution is 9.10. The van der Waals surface area contributed by atoms with Crippen molar-refractivity contribution in [3.05, 3.63) is 34.3 Å². The lowest BCUT2D eigenvalue weighted by Crippen LogP contribution is -2.57. The number of piperazine rings is 1. The van der Waals surface area contributed by atoms with Crippen molar-refractivity contribution < 1.29 is 27.4 Å². The number of amides is 1. The fourth-order valence-electron chi connectivity index (χ4n) is 6.36. The maximum atomic E-state index is 15.3. The number of benzene rings is 1. The first kappa shape index (κ1) is 26.6. The van der Waals surface area contributed by atoms with Crippen LogP contribution >= 0.6 is 15.9 Å².